The molecule has 6 N–H and O–H groups in total. The molecule has 0 aliphatic rings. The van der Waals surface area contributed by atoms with Crippen LogP contribution in [0.3, 0.4) is 0 Å². The molecule has 0 unspecified atom stereocenters. The number of hydrogen-bond donors (Lipinski definition) is 4. The van der Waals surface area contributed by atoms with E-state index in [1.165, 1.54) is 31.8 Å². The maximum Gasteiger partial charge on any atom is 0.430 e. The van der Waals surface area contributed by atoms with Gasteiger partial charge in [0.05, 0.1) is 25.4 Å². The van der Waals surface area contributed by atoms with Crippen molar-refractivity contribution in [2.75, 3.05) is 38.5 Å². The van der Waals surface area contributed by atoms with Crippen LogP contribution in [0.1, 0.15) is 12.8 Å². The van der Waals surface area contributed by atoms with Crippen LogP contribution in [-0.4, -0.2) is 74.6 Å². The van der Waals surface area contributed by atoms with Gasteiger partial charge >= 0.3 is 12.4 Å². The Bertz CT molecular complexity index is 2040. The number of nitrogens with one attached hydrogen (secondary N) is 2. The summed E-state index contributed by atoms with van der Waals surface area (Å²) in [7, 11) is -3.61. The molecule has 0 spiro atoms. The molecule has 6 rings (SSSR count). The molecule has 2 amide bonds. The predicted molar refractivity (Wildman–Crippen MR) is 256 cm³/mol. The third-order valence-electron chi connectivity index (χ3n) is 10.0. The molecule has 18 heteroatoms. The summed E-state index contributed by atoms with van der Waals surface area (Å²) >= 11 is 0. The van der Waals surface area contributed by atoms with Crippen LogP contribution in [0.2, 0.25) is 0 Å². The third kappa shape index (κ3) is 17.0. The first-order valence-corrected chi connectivity index (χ1v) is 25.0. The van der Waals surface area contributed by atoms with E-state index in [1.54, 1.807) is 0 Å². The fourth-order valence-corrected chi connectivity index (χ4v) is 15.7. The summed E-state index contributed by atoms with van der Waals surface area (Å²) in [5, 5.41) is 31.6. The minimum Gasteiger partial charge on any atom is -0.542 e. The largest absolute Gasteiger partial charge is 0.542 e. The van der Waals surface area contributed by atoms with E-state index in [1.807, 2.05) is 0 Å². The third-order valence-corrected chi connectivity index (χ3v) is 19.1. The van der Waals surface area contributed by atoms with Crippen LogP contribution in [0, 0.1) is 0 Å². The van der Waals surface area contributed by atoms with Gasteiger partial charge in [0.1, 0.15) is 58.3 Å². The van der Waals surface area contributed by atoms with Gasteiger partial charge in [-0.15, -0.1) is 0 Å². The summed E-state index contributed by atoms with van der Waals surface area (Å²) in [6, 6.07) is 64.7. The molecule has 0 aliphatic heterocycles. The second-order valence-electron chi connectivity index (χ2n) is 14.5. The van der Waals surface area contributed by atoms with Crippen LogP contribution in [0.25, 0.3) is 0 Å². The van der Waals surface area contributed by atoms with Gasteiger partial charge in [0.25, 0.3) is 0 Å². The van der Waals surface area contributed by atoms with Gasteiger partial charge < -0.3 is 41.9 Å². The van der Waals surface area contributed by atoms with Crippen molar-refractivity contribution in [2.24, 2.45) is 11.5 Å². The summed E-state index contributed by atoms with van der Waals surface area (Å²) in [6.07, 6.45) is -6.60. The summed E-state index contributed by atoms with van der Waals surface area (Å²) in [6.45, 7) is 1.36. The Balaban J connectivity index is 0.000000282. The van der Waals surface area contributed by atoms with Gasteiger partial charge in [-0.2, -0.15) is 26.3 Å². The van der Waals surface area contributed by atoms with Crippen molar-refractivity contribution in [3.8, 4) is 0 Å². The van der Waals surface area contributed by atoms with Crippen LogP contribution >= 0.6 is 14.5 Å². The molecule has 0 atom stereocenters. The second kappa shape index (κ2) is 28.0. The van der Waals surface area contributed by atoms with Crippen molar-refractivity contribution >= 4 is 70.1 Å². The Kier molecular flexibility index (Phi) is 23.0. The molecule has 0 aliphatic carbocycles. The highest BCUT2D eigenvalue weighted by atomic mass is 31.2. The first kappa shape index (κ1) is 55.9. The quantitative estimate of drug-likeness (QED) is 0.0644. The maximum atomic E-state index is 11.5. The molecule has 0 saturated carbocycles. The van der Waals surface area contributed by atoms with Gasteiger partial charge in [0.2, 0.25) is 11.8 Å². The molecule has 0 radical (unpaired) electrons. The highest BCUT2D eigenvalue weighted by Gasteiger charge is 2.45. The zero-order valence-electron chi connectivity index (χ0n) is 36.7. The number of carboxylic acid groups (broad SMARTS) is 2. The summed E-state index contributed by atoms with van der Waals surface area (Å²) in [4.78, 5) is 40.6. The molecule has 0 heterocycles. The fourth-order valence-electron chi connectivity index (χ4n) is 7.00. The Morgan fingerprint density at radius 1 is 0.397 bits per heavy atom. The normalized spacial score (nSPS) is 11.2. The number of amides is 2. The van der Waals surface area contributed by atoms with Gasteiger partial charge in [0, 0.05) is 13.1 Å². The molecule has 6 aromatic rings. The minimum absolute atomic E-state index is 0.0380. The molecule has 68 heavy (non-hydrogen) atoms. The van der Waals surface area contributed by atoms with Crippen LogP contribution in [-0.2, 0) is 19.2 Å². The summed E-state index contributed by atoms with van der Waals surface area (Å²) < 4.78 is 63.1. The van der Waals surface area contributed by atoms with Gasteiger partial charge in [-0.25, -0.2) is 0 Å². The van der Waals surface area contributed by atoms with E-state index in [4.69, 9.17) is 31.3 Å². The molecule has 6 aromatic carbocycles. The maximum absolute atomic E-state index is 11.5. The van der Waals surface area contributed by atoms with E-state index in [0.29, 0.717) is 13.1 Å². The van der Waals surface area contributed by atoms with Gasteiger partial charge in [-0.3, -0.25) is 9.59 Å². The van der Waals surface area contributed by atoms with Crippen LogP contribution in [0.5, 0.6) is 0 Å². The zero-order chi connectivity index (χ0) is 50.1. The van der Waals surface area contributed by atoms with Crippen molar-refractivity contribution in [1.29, 1.82) is 0 Å². The number of carboxylic acids is 2. The number of aliphatic carboxylic acids is 2. The Morgan fingerprint density at radius 2 is 0.574 bits per heavy atom. The lowest BCUT2D eigenvalue weighted by molar-refractivity contribution is -0.344. The Morgan fingerprint density at radius 3 is 0.721 bits per heavy atom. The zero-order valence-corrected chi connectivity index (χ0v) is 38.5. The van der Waals surface area contributed by atoms with E-state index in [2.05, 4.69) is 193 Å². The number of alkyl halides is 6. The highest BCUT2D eigenvalue weighted by Crippen LogP contribution is 2.56. The van der Waals surface area contributed by atoms with Gasteiger partial charge in [-0.05, 0) is 85.6 Å². The standard InChI is InChI=1S/2C23H25N2OP.2C2HF3O2/c2*24-19-23(26)25-17-10-18-27(20-11-4-1-5-12-20,21-13-6-2-7-14-21)22-15-8-3-9-16-22;2*3-2(4,5)1(6)7/h2*1-9,11-16H,10,17-19,24H2;2*(H,6,7). The van der Waals surface area contributed by atoms with Crippen molar-refractivity contribution in [1.82, 2.24) is 10.6 Å². The van der Waals surface area contributed by atoms with Gasteiger partial charge in [0.15, 0.2) is 0 Å². The lowest BCUT2D eigenvalue weighted by Gasteiger charge is -2.27. The predicted octanol–water partition coefficient (Wildman–Crippen LogP) is 3.49. The molecule has 360 valence electrons. The van der Waals surface area contributed by atoms with E-state index in [0.717, 1.165) is 25.2 Å². The second-order valence-corrected chi connectivity index (χ2v) is 21.7. The molecule has 0 saturated heterocycles. The number of carbonyl (C=O) groups excluding carboxylic acids is 4. The highest BCUT2D eigenvalue weighted by molar-refractivity contribution is 7.96. The SMILES string of the molecule is NCC(=O)NCCC[P+](c1ccccc1)(c1ccccc1)c1ccccc1.NCC(=O)NCCC[P+](c1ccccc1)(c1ccccc1)c1ccccc1.O=C([O-])C(F)(F)F.O=C([O-])C(F)(F)F. The summed E-state index contributed by atoms with van der Waals surface area (Å²) in [5.41, 5.74) is 10.8. The molecule has 10 nitrogen and oxygen atoms in total. The van der Waals surface area contributed by atoms with Crippen molar-refractivity contribution in [3.63, 3.8) is 0 Å². The lowest BCUT2D eigenvalue weighted by Crippen LogP contribution is -2.37. The fraction of sp³-hybridized carbons (Fsp3) is 0.200. The minimum atomic E-state index is -5.19. The number of carbonyl (C=O) groups is 4. The molecule has 0 fully saturated rings. The lowest BCUT2D eigenvalue weighted by atomic mass is 10.3. The van der Waals surface area contributed by atoms with Crippen molar-refractivity contribution in [3.05, 3.63) is 182 Å². The first-order chi connectivity index (χ1) is 32.4. The monoisotopic (exact) mass is 980 g/mol. The number of hydrogen-bond acceptors (Lipinski definition) is 8. The van der Waals surface area contributed by atoms with E-state index >= 15 is 0 Å². The van der Waals surface area contributed by atoms with Gasteiger partial charge in [-0.1, -0.05) is 109 Å². The number of benzene rings is 6. The van der Waals surface area contributed by atoms with Crippen LogP contribution in [0.4, 0.5) is 26.3 Å². The average molecular weight is 981 g/mol. The smallest absolute Gasteiger partial charge is 0.430 e. The molecular weight excluding hydrogens is 929 g/mol. The number of rotatable bonds is 16. The summed E-state index contributed by atoms with van der Waals surface area (Å²) in [5.74, 6) is -6.21. The first-order valence-electron chi connectivity index (χ1n) is 21.0. The Hall–Kier alpha value is -6.44. The van der Waals surface area contributed by atoms with E-state index in [-0.39, 0.29) is 24.9 Å². The Labute approximate surface area is 392 Å². The van der Waals surface area contributed by atoms with Crippen LogP contribution < -0.4 is 64.1 Å². The number of nitrogens with two attached hydrogens (primary N) is 2. The van der Waals surface area contributed by atoms with E-state index in [9.17, 15) is 35.9 Å². The molecule has 0 aromatic heterocycles. The average Bonchev–Trinajstić information content (AvgIpc) is 3.35. The van der Waals surface area contributed by atoms with Crippen LogP contribution in [0.15, 0.2) is 182 Å². The number of halogens is 6. The van der Waals surface area contributed by atoms with E-state index < -0.39 is 38.8 Å². The van der Waals surface area contributed by atoms with Crippen molar-refractivity contribution in [2.45, 2.75) is 25.2 Å². The molecule has 0 bridgehead atoms. The topological polar surface area (TPSA) is 190 Å². The van der Waals surface area contributed by atoms with Crippen molar-refractivity contribution < 1.29 is 55.7 Å². The molecular formula is C50H52F6N4O6P2.